The highest BCUT2D eigenvalue weighted by Gasteiger charge is 2.31. The molecule has 1 aromatic heterocycles. The van der Waals surface area contributed by atoms with E-state index < -0.39 is 0 Å². The molecule has 0 amide bonds. The first-order chi connectivity index (χ1) is 6.45. The van der Waals surface area contributed by atoms with Gasteiger partial charge in [-0.1, -0.05) is 18.2 Å². The van der Waals surface area contributed by atoms with Gasteiger partial charge in [0, 0.05) is 17.7 Å². The van der Waals surface area contributed by atoms with E-state index in [0.717, 1.165) is 5.75 Å². The van der Waals surface area contributed by atoms with Crippen LogP contribution in [-0.4, -0.2) is 11.1 Å². The number of hydrogen-bond acceptors (Lipinski definition) is 2. The highest BCUT2D eigenvalue weighted by atomic mass is 16.5. The third-order valence-electron chi connectivity index (χ3n) is 2.52. The van der Waals surface area contributed by atoms with Crippen LogP contribution in [0.3, 0.4) is 0 Å². The Balaban J connectivity index is 2.12. The summed E-state index contributed by atoms with van der Waals surface area (Å²) in [6.45, 7) is 0. The summed E-state index contributed by atoms with van der Waals surface area (Å²) in [5.41, 5.74) is 1.25. The minimum absolute atomic E-state index is 0.184. The van der Waals surface area contributed by atoms with Gasteiger partial charge in [-0.15, -0.1) is 0 Å². The Bertz CT molecular complexity index is 395. The van der Waals surface area contributed by atoms with E-state index in [9.17, 15) is 0 Å². The van der Waals surface area contributed by atoms with Crippen molar-refractivity contribution in [1.82, 2.24) is 4.98 Å². The molecule has 0 N–H and O–H groups in total. The minimum Gasteiger partial charge on any atom is -0.483 e. The van der Waals surface area contributed by atoms with E-state index in [0.29, 0.717) is 5.92 Å². The summed E-state index contributed by atoms with van der Waals surface area (Å²) in [5.74, 6) is 1.32. The topological polar surface area (TPSA) is 22.1 Å². The highest BCUT2D eigenvalue weighted by Crippen LogP contribution is 2.39. The van der Waals surface area contributed by atoms with Crippen LogP contribution in [0.2, 0.25) is 0 Å². The van der Waals surface area contributed by atoms with Gasteiger partial charge < -0.3 is 4.74 Å². The lowest BCUT2D eigenvalue weighted by molar-refractivity contribution is 0.268. The SMILES string of the molecule is C1=CC2Oc3cnccc3C2C=C1. The van der Waals surface area contributed by atoms with Crippen molar-refractivity contribution in [1.29, 1.82) is 0 Å². The summed E-state index contributed by atoms with van der Waals surface area (Å²) < 4.78 is 5.71. The molecule has 2 unspecified atom stereocenters. The number of pyridine rings is 1. The lowest BCUT2D eigenvalue weighted by Crippen LogP contribution is -2.15. The van der Waals surface area contributed by atoms with Crippen LogP contribution >= 0.6 is 0 Å². The number of fused-ring (bicyclic) bond motifs is 3. The second-order valence-electron chi connectivity index (χ2n) is 3.29. The first-order valence-corrected chi connectivity index (χ1v) is 4.41. The van der Waals surface area contributed by atoms with Crippen molar-refractivity contribution in [3.63, 3.8) is 0 Å². The summed E-state index contributed by atoms with van der Waals surface area (Å²) in [7, 11) is 0. The standard InChI is InChI=1S/C11H9NO/c1-2-4-10-8(3-1)9-5-6-12-7-11(9)13-10/h1-8,10H. The van der Waals surface area contributed by atoms with Gasteiger partial charge >= 0.3 is 0 Å². The van der Waals surface area contributed by atoms with Crippen LogP contribution < -0.4 is 4.74 Å². The Labute approximate surface area is 76.6 Å². The normalized spacial score (nSPS) is 28.0. The zero-order chi connectivity index (χ0) is 8.67. The van der Waals surface area contributed by atoms with Crippen molar-refractivity contribution in [3.05, 3.63) is 48.3 Å². The number of nitrogens with zero attached hydrogens (tertiary/aromatic N) is 1. The molecular formula is C11H9NO. The van der Waals surface area contributed by atoms with Gasteiger partial charge in [-0.3, -0.25) is 4.98 Å². The van der Waals surface area contributed by atoms with Gasteiger partial charge in [-0.25, -0.2) is 0 Å². The van der Waals surface area contributed by atoms with Gasteiger partial charge in [0.2, 0.25) is 0 Å². The molecule has 2 atom stereocenters. The van der Waals surface area contributed by atoms with E-state index in [4.69, 9.17) is 4.74 Å². The van der Waals surface area contributed by atoms with Crippen LogP contribution in [0, 0.1) is 0 Å². The molecule has 0 spiro atoms. The fourth-order valence-electron chi connectivity index (χ4n) is 1.89. The highest BCUT2D eigenvalue weighted by molar-refractivity contribution is 5.44. The smallest absolute Gasteiger partial charge is 0.142 e. The Morgan fingerprint density at radius 1 is 1.23 bits per heavy atom. The van der Waals surface area contributed by atoms with Crippen LogP contribution in [0.4, 0.5) is 0 Å². The van der Waals surface area contributed by atoms with Gasteiger partial charge in [0.1, 0.15) is 11.9 Å². The summed E-state index contributed by atoms with van der Waals surface area (Å²) in [6.07, 6.45) is 12.2. The summed E-state index contributed by atoms with van der Waals surface area (Å²) in [5, 5.41) is 0. The number of ether oxygens (including phenoxy) is 1. The Morgan fingerprint density at radius 2 is 2.15 bits per heavy atom. The lowest BCUT2D eigenvalue weighted by atomic mass is 9.93. The molecule has 1 aliphatic carbocycles. The van der Waals surface area contributed by atoms with Gasteiger partial charge in [0.05, 0.1) is 6.20 Å². The molecule has 1 aromatic rings. The Kier molecular flexibility index (Phi) is 1.30. The van der Waals surface area contributed by atoms with E-state index in [2.05, 4.69) is 23.2 Å². The van der Waals surface area contributed by atoms with Gasteiger partial charge in [-0.05, 0) is 12.1 Å². The second kappa shape index (κ2) is 2.46. The molecule has 13 heavy (non-hydrogen) atoms. The quantitative estimate of drug-likeness (QED) is 0.596. The number of rotatable bonds is 0. The maximum atomic E-state index is 5.71. The average molecular weight is 171 g/mol. The van der Waals surface area contributed by atoms with Gasteiger partial charge in [-0.2, -0.15) is 0 Å². The van der Waals surface area contributed by atoms with E-state index in [1.807, 2.05) is 18.3 Å². The van der Waals surface area contributed by atoms with Gasteiger partial charge in [0.25, 0.3) is 0 Å². The molecule has 2 heteroatoms. The van der Waals surface area contributed by atoms with E-state index in [1.165, 1.54) is 5.56 Å². The van der Waals surface area contributed by atoms with Crippen LogP contribution in [0.5, 0.6) is 5.75 Å². The maximum Gasteiger partial charge on any atom is 0.142 e. The molecular weight excluding hydrogens is 162 g/mol. The molecule has 3 rings (SSSR count). The average Bonchev–Trinajstić information content (AvgIpc) is 2.56. The molecule has 2 heterocycles. The van der Waals surface area contributed by atoms with Crippen LogP contribution in [0.15, 0.2) is 42.8 Å². The number of allylic oxidation sites excluding steroid dienone is 2. The maximum absolute atomic E-state index is 5.71. The molecule has 0 saturated carbocycles. The number of aromatic nitrogens is 1. The molecule has 0 aromatic carbocycles. The minimum atomic E-state index is 0.184. The molecule has 0 bridgehead atoms. The Hall–Kier alpha value is -1.57. The molecule has 0 radical (unpaired) electrons. The Morgan fingerprint density at radius 3 is 3.15 bits per heavy atom. The molecule has 2 aliphatic rings. The third kappa shape index (κ3) is 0.917. The molecule has 1 aliphatic heterocycles. The molecule has 2 nitrogen and oxygen atoms in total. The van der Waals surface area contributed by atoms with Crippen molar-refractivity contribution in [3.8, 4) is 5.75 Å². The van der Waals surface area contributed by atoms with Crippen LogP contribution in [0.25, 0.3) is 0 Å². The van der Waals surface area contributed by atoms with E-state index >= 15 is 0 Å². The lowest BCUT2D eigenvalue weighted by Gasteiger charge is -2.13. The monoisotopic (exact) mass is 171 g/mol. The first-order valence-electron chi connectivity index (χ1n) is 4.41. The van der Waals surface area contributed by atoms with Gasteiger partial charge in [0.15, 0.2) is 0 Å². The summed E-state index contributed by atoms with van der Waals surface area (Å²) >= 11 is 0. The zero-order valence-corrected chi connectivity index (χ0v) is 7.05. The van der Waals surface area contributed by atoms with Crippen molar-refractivity contribution < 1.29 is 4.74 Å². The predicted octanol–water partition coefficient (Wildman–Crippen LogP) is 2.05. The molecule has 0 saturated heterocycles. The fourth-order valence-corrected chi connectivity index (χ4v) is 1.89. The predicted molar refractivity (Wildman–Crippen MR) is 49.7 cm³/mol. The van der Waals surface area contributed by atoms with Crippen molar-refractivity contribution in [2.45, 2.75) is 12.0 Å². The van der Waals surface area contributed by atoms with Crippen LogP contribution in [0.1, 0.15) is 11.5 Å². The van der Waals surface area contributed by atoms with E-state index in [-0.39, 0.29) is 6.10 Å². The summed E-state index contributed by atoms with van der Waals surface area (Å²) in [4.78, 5) is 4.04. The fraction of sp³-hybridized carbons (Fsp3) is 0.182. The third-order valence-corrected chi connectivity index (χ3v) is 2.52. The van der Waals surface area contributed by atoms with Crippen LogP contribution in [-0.2, 0) is 0 Å². The van der Waals surface area contributed by atoms with E-state index in [1.54, 1.807) is 6.20 Å². The first kappa shape index (κ1) is 6.89. The van der Waals surface area contributed by atoms with Crippen molar-refractivity contribution in [2.24, 2.45) is 0 Å². The second-order valence-corrected chi connectivity index (χ2v) is 3.29. The van der Waals surface area contributed by atoms with Crippen molar-refractivity contribution in [2.75, 3.05) is 0 Å². The van der Waals surface area contributed by atoms with Crippen molar-refractivity contribution >= 4 is 0 Å². The largest absolute Gasteiger partial charge is 0.483 e. The molecule has 0 fully saturated rings. The summed E-state index contributed by atoms with van der Waals surface area (Å²) in [6, 6.07) is 2.03. The molecule has 64 valence electrons. The number of hydrogen-bond donors (Lipinski definition) is 0. The zero-order valence-electron chi connectivity index (χ0n) is 7.05.